The molecule has 0 aromatic carbocycles. The normalized spacial score (nSPS) is 27.5. The lowest BCUT2D eigenvalue weighted by Crippen LogP contribution is -2.77. The van der Waals surface area contributed by atoms with E-state index in [9.17, 15) is 5.26 Å². The molecule has 0 spiro atoms. The molecule has 2 rings (SSSR count). The molecule has 1 saturated carbocycles. The van der Waals surface area contributed by atoms with Crippen LogP contribution in [-0.4, -0.2) is 40.0 Å². The van der Waals surface area contributed by atoms with E-state index in [1.165, 1.54) is 28.4 Å². The van der Waals surface area contributed by atoms with E-state index in [-0.39, 0.29) is 0 Å². The highest BCUT2D eigenvalue weighted by molar-refractivity contribution is 5.30. The average molecular weight is 267 g/mol. The fraction of sp³-hybridized carbons (Fsp3) is 0.615. The van der Waals surface area contributed by atoms with Crippen molar-refractivity contribution < 1.29 is 23.4 Å². The molecule has 0 bridgehead atoms. The Morgan fingerprint density at radius 1 is 1.11 bits per heavy atom. The predicted molar refractivity (Wildman–Crippen MR) is 64.1 cm³/mol. The van der Waals surface area contributed by atoms with E-state index in [0.29, 0.717) is 5.76 Å². The lowest BCUT2D eigenvalue weighted by Gasteiger charge is -2.60. The summed E-state index contributed by atoms with van der Waals surface area (Å²) >= 11 is 0. The number of furan rings is 1. The van der Waals surface area contributed by atoms with Crippen LogP contribution in [0.15, 0.2) is 22.8 Å². The first kappa shape index (κ1) is 14.0. The molecule has 6 nitrogen and oxygen atoms in total. The highest BCUT2D eigenvalue weighted by atomic mass is 16.8. The third-order valence-electron chi connectivity index (χ3n) is 3.84. The van der Waals surface area contributed by atoms with Crippen LogP contribution >= 0.6 is 0 Å². The highest BCUT2D eigenvalue weighted by Crippen LogP contribution is 2.61. The lowest BCUT2D eigenvalue weighted by atomic mass is 9.61. The molecule has 2 atom stereocenters. The fourth-order valence-electron chi connectivity index (χ4n) is 3.00. The van der Waals surface area contributed by atoms with Gasteiger partial charge in [-0.15, -0.1) is 0 Å². The van der Waals surface area contributed by atoms with Gasteiger partial charge in [-0.1, -0.05) is 0 Å². The molecule has 1 aliphatic rings. The van der Waals surface area contributed by atoms with Crippen LogP contribution in [0.4, 0.5) is 0 Å². The molecule has 6 heteroatoms. The molecular formula is C13H17NO5. The van der Waals surface area contributed by atoms with E-state index in [0.717, 1.165) is 0 Å². The molecule has 0 saturated heterocycles. The van der Waals surface area contributed by atoms with Crippen molar-refractivity contribution in [1.29, 1.82) is 5.26 Å². The largest absolute Gasteiger partial charge is 0.469 e. The second-order valence-electron chi connectivity index (χ2n) is 4.25. The topological polar surface area (TPSA) is 73.9 Å². The zero-order valence-corrected chi connectivity index (χ0v) is 11.4. The monoisotopic (exact) mass is 267 g/mol. The predicted octanol–water partition coefficient (Wildman–Crippen LogP) is 1.49. The summed E-state index contributed by atoms with van der Waals surface area (Å²) in [6.07, 6.45) is 1.54. The Hall–Kier alpha value is -1.39. The van der Waals surface area contributed by atoms with Crippen LogP contribution in [0.5, 0.6) is 0 Å². The number of methoxy groups -OCH3 is 4. The summed E-state index contributed by atoms with van der Waals surface area (Å²) in [6, 6.07) is 5.71. The van der Waals surface area contributed by atoms with Gasteiger partial charge in [-0.2, -0.15) is 5.26 Å². The minimum Gasteiger partial charge on any atom is -0.469 e. The smallest absolute Gasteiger partial charge is 0.241 e. The molecular weight excluding hydrogens is 250 g/mol. The number of hydrogen-bond acceptors (Lipinski definition) is 6. The molecule has 1 aliphatic carbocycles. The number of nitrogens with zero attached hydrogens (tertiary/aromatic N) is 1. The Morgan fingerprint density at radius 3 is 2.05 bits per heavy atom. The third kappa shape index (κ3) is 1.50. The second-order valence-corrected chi connectivity index (χ2v) is 4.25. The first-order valence-electron chi connectivity index (χ1n) is 5.81. The quantitative estimate of drug-likeness (QED) is 0.752. The standard InChI is InChI=1S/C13H17NO5/c1-15-12(16-2)9(8-14)11(10-6-5-7-19-10)13(12,17-3)18-4/h5-7,9,11H,1-4H3/t9-,11-/m1/s1. The molecule has 1 aromatic rings. The molecule has 0 radical (unpaired) electrons. The van der Waals surface area contributed by atoms with Gasteiger partial charge in [-0.25, -0.2) is 0 Å². The van der Waals surface area contributed by atoms with Gasteiger partial charge in [0, 0.05) is 28.4 Å². The van der Waals surface area contributed by atoms with Crippen LogP contribution in [0, 0.1) is 17.2 Å². The van der Waals surface area contributed by atoms with Crippen molar-refractivity contribution in [3.8, 4) is 6.07 Å². The summed E-state index contributed by atoms with van der Waals surface area (Å²) in [6.45, 7) is 0. The summed E-state index contributed by atoms with van der Waals surface area (Å²) in [5, 5.41) is 9.41. The molecule has 104 valence electrons. The van der Waals surface area contributed by atoms with Crippen LogP contribution < -0.4 is 0 Å². The summed E-state index contributed by atoms with van der Waals surface area (Å²) in [7, 11) is 5.89. The minimum atomic E-state index is -1.29. The van der Waals surface area contributed by atoms with Gasteiger partial charge >= 0.3 is 0 Å². The van der Waals surface area contributed by atoms with E-state index in [1.54, 1.807) is 18.4 Å². The number of ether oxygens (including phenoxy) is 4. The van der Waals surface area contributed by atoms with E-state index in [4.69, 9.17) is 23.4 Å². The van der Waals surface area contributed by atoms with E-state index in [1.807, 2.05) is 0 Å². The van der Waals surface area contributed by atoms with Gasteiger partial charge in [0.2, 0.25) is 11.6 Å². The summed E-state index contributed by atoms with van der Waals surface area (Å²) < 4.78 is 27.2. The maximum Gasteiger partial charge on any atom is 0.241 e. The maximum atomic E-state index is 9.41. The molecule has 1 aromatic heterocycles. The molecule has 1 fully saturated rings. The second kappa shape index (κ2) is 4.94. The van der Waals surface area contributed by atoms with Crippen molar-refractivity contribution in [3.63, 3.8) is 0 Å². The summed E-state index contributed by atoms with van der Waals surface area (Å²) in [5.74, 6) is -2.95. The molecule has 0 N–H and O–H groups in total. The SMILES string of the molecule is COC1(OC)[C@H](C#N)[C@H](c2ccco2)C1(OC)OC. The van der Waals surface area contributed by atoms with E-state index >= 15 is 0 Å². The highest BCUT2D eigenvalue weighted by Gasteiger charge is 2.78. The Morgan fingerprint density at radius 2 is 1.68 bits per heavy atom. The van der Waals surface area contributed by atoms with Gasteiger partial charge in [0.15, 0.2) is 0 Å². The molecule has 0 aliphatic heterocycles. The number of hydrogen-bond donors (Lipinski definition) is 0. The Labute approximate surface area is 111 Å². The van der Waals surface area contributed by atoms with Gasteiger partial charge in [0.05, 0.1) is 18.3 Å². The van der Waals surface area contributed by atoms with E-state index in [2.05, 4.69) is 6.07 Å². The average Bonchev–Trinajstić information content (AvgIpc) is 2.94. The Kier molecular flexibility index (Phi) is 3.65. The molecule has 0 unspecified atom stereocenters. The minimum absolute atomic E-state index is 0.428. The molecule has 0 amide bonds. The summed E-state index contributed by atoms with van der Waals surface area (Å²) in [4.78, 5) is 0. The molecule has 1 heterocycles. The number of rotatable bonds is 5. The van der Waals surface area contributed by atoms with Gasteiger partial charge in [-0.3, -0.25) is 0 Å². The summed E-state index contributed by atoms with van der Waals surface area (Å²) in [5.41, 5.74) is 0. The van der Waals surface area contributed by atoms with Gasteiger partial charge in [0.1, 0.15) is 11.7 Å². The fourth-order valence-corrected chi connectivity index (χ4v) is 3.00. The molecule has 19 heavy (non-hydrogen) atoms. The van der Waals surface area contributed by atoms with Crippen molar-refractivity contribution in [2.24, 2.45) is 5.92 Å². The van der Waals surface area contributed by atoms with Crippen molar-refractivity contribution in [2.45, 2.75) is 17.5 Å². The van der Waals surface area contributed by atoms with Gasteiger partial charge in [0.25, 0.3) is 0 Å². The first-order chi connectivity index (χ1) is 9.17. The van der Waals surface area contributed by atoms with Gasteiger partial charge in [-0.05, 0) is 12.1 Å². The van der Waals surface area contributed by atoms with Crippen molar-refractivity contribution >= 4 is 0 Å². The first-order valence-corrected chi connectivity index (χ1v) is 5.81. The van der Waals surface area contributed by atoms with Crippen molar-refractivity contribution in [2.75, 3.05) is 28.4 Å². The van der Waals surface area contributed by atoms with Crippen LogP contribution in [0.2, 0.25) is 0 Å². The zero-order valence-electron chi connectivity index (χ0n) is 11.4. The zero-order chi connectivity index (χ0) is 14.1. The van der Waals surface area contributed by atoms with Crippen LogP contribution in [0.3, 0.4) is 0 Å². The van der Waals surface area contributed by atoms with Crippen LogP contribution in [0.25, 0.3) is 0 Å². The van der Waals surface area contributed by atoms with Crippen molar-refractivity contribution in [1.82, 2.24) is 0 Å². The Bertz CT molecular complexity index is 456. The number of nitriles is 1. The van der Waals surface area contributed by atoms with Gasteiger partial charge < -0.3 is 23.4 Å². The maximum absolute atomic E-state index is 9.41. The van der Waals surface area contributed by atoms with Crippen molar-refractivity contribution in [3.05, 3.63) is 24.2 Å². The Balaban J connectivity index is 2.52. The van der Waals surface area contributed by atoms with Crippen LogP contribution in [-0.2, 0) is 18.9 Å². The lowest BCUT2D eigenvalue weighted by molar-refractivity contribution is -0.466. The van der Waals surface area contributed by atoms with E-state index < -0.39 is 23.4 Å². The van der Waals surface area contributed by atoms with Crippen LogP contribution in [0.1, 0.15) is 11.7 Å². The third-order valence-corrected chi connectivity index (χ3v) is 3.84.